The van der Waals surface area contributed by atoms with Crippen LogP contribution < -0.4 is 48.3 Å². The largest absolute Gasteiger partial charge is 0.445 e. The first kappa shape index (κ1) is 91.2. The van der Waals surface area contributed by atoms with Crippen LogP contribution >= 0.6 is 33.2 Å². The van der Waals surface area contributed by atoms with E-state index in [4.69, 9.17) is 53.4 Å². The number of nitrogens with two attached hydrogens (primary N) is 2. The van der Waals surface area contributed by atoms with Crippen molar-refractivity contribution in [1.82, 2.24) is 70.3 Å². The number of halogens is 2. The number of carbonyl (C=O) groups is 7. The van der Waals surface area contributed by atoms with Crippen molar-refractivity contribution >= 4 is 133 Å². The Hall–Kier alpha value is -10.6. The average molecular weight is 1790 g/mol. The zero-order valence-corrected chi connectivity index (χ0v) is 70.8. The number of anilines is 5. The molecule has 4 aliphatic heterocycles. The summed E-state index contributed by atoms with van der Waals surface area (Å²) in [6.07, 6.45) is -6.98. The lowest BCUT2D eigenvalue weighted by atomic mass is 9.95. The van der Waals surface area contributed by atoms with Gasteiger partial charge in [0.1, 0.15) is 60.2 Å². The predicted octanol–water partition coefficient (Wildman–Crippen LogP) is 7.24. The van der Waals surface area contributed by atoms with Crippen LogP contribution in [-0.4, -0.2) is 217 Å². The first-order chi connectivity index (χ1) is 59.6. The first-order valence-electron chi connectivity index (χ1n) is 39.8. The number of fused-ring (bicyclic) bond motifs is 9. The smallest absolute Gasteiger partial charge is 0.407 e. The fraction of sp³-hybridized carbons (Fsp3) is 0.429. The molecule has 7 amide bonds. The lowest BCUT2D eigenvalue weighted by Crippen LogP contribution is -2.37. The Bertz CT molecular complexity index is 5450. The van der Waals surface area contributed by atoms with E-state index in [0.717, 1.165) is 37.4 Å². The molecule has 9 aromatic rings. The minimum Gasteiger partial charge on any atom is -0.445 e. The number of aromatic nitrogens is 10. The maximum absolute atomic E-state index is 17.1. The number of nitrogens with one attached hydrogen (secondary N) is 6. The van der Waals surface area contributed by atoms with Crippen LogP contribution in [0, 0.1) is 0 Å². The molecule has 0 spiro atoms. The fourth-order valence-corrected chi connectivity index (χ4v) is 19.0. The van der Waals surface area contributed by atoms with Crippen LogP contribution in [0.3, 0.4) is 0 Å². The summed E-state index contributed by atoms with van der Waals surface area (Å²) >= 11 is 0.671. The molecule has 47 heteroatoms. The molecule has 12 atom stereocenters. The van der Waals surface area contributed by atoms with Gasteiger partial charge in [-0.1, -0.05) is 78.4 Å². The molecule has 13 rings (SSSR count). The molecule has 40 nitrogen and oxygen atoms in total. The molecule has 4 aromatic carbocycles. The normalized spacial score (nSPS) is 21.9. The highest BCUT2D eigenvalue weighted by atomic mass is 32.7. The summed E-state index contributed by atoms with van der Waals surface area (Å²) in [7, 11) is -6.86. The lowest BCUT2D eigenvalue weighted by molar-refractivity contribution is -0.124. The summed E-state index contributed by atoms with van der Waals surface area (Å²) in [5, 5.41) is 35.1. The number of aliphatic hydroxyl groups excluding tert-OH is 1. The highest BCUT2D eigenvalue weighted by Crippen LogP contribution is 2.65. The Morgan fingerprint density at radius 2 is 1.27 bits per heavy atom. The SMILES string of the molecule is B[P@]1(=O)OC[C@H]2O[C@@H](n3cnc4c(N)ccnc43)[C@H](F)[C@@H]2O[P@@](=O)(SCc2ccc(NC(=O)CNC(=O)CCCCCn3nnc4c3-c3ccccc3CN(C(=O)CCNC(=O)CCCCC(=O)NCC(=O)Nc3ccc(COC(=O)NCCCOCC(O)COP(C)(=O)O)cc3)c3ccccc3-4)cc2)OC[C@H]2O[C@@H](n3cnc4c(N)ncnc43)[C@H](F)[C@@H]2O1. The van der Waals surface area contributed by atoms with Crippen LogP contribution in [0.5, 0.6) is 0 Å². The molecule has 12 N–H and O–H groups in total. The number of hydrogen-bond donors (Lipinski definition) is 10. The van der Waals surface area contributed by atoms with Gasteiger partial charge in [-0.05, 0) is 96.6 Å². The third-order valence-electron chi connectivity index (χ3n) is 20.2. The maximum atomic E-state index is 17.1. The van der Waals surface area contributed by atoms with Crippen LogP contribution in [0.15, 0.2) is 128 Å². The number of aliphatic hydroxyl groups is 1. The van der Waals surface area contributed by atoms with Gasteiger partial charge in [-0.25, -0.2) is 47.7 Å². The minimum atomic E-state index is -4.61. The molecule has 4 aliphatic rings. The van der Waals surface area contributed by atoms with Gasteiger partial charge in [-0.15, -0.1) is 5.10 Å². The number of pyridine rings is 1. The number of ether oxygens (including phenoxy) is 4. The molecule has 0 bridgehead atoms. The first-order valence-corrected chi connectivity index (χ1v) is 46.9. The van der Waals surface area contributed by atoms with Crippen LogP contribution in [-0.2, 0) is 109 Å². The highest BCUT2D eigenvalue weighted by Gasteiger charge is 2.55. The van der Waals surface area contributed by atoms with Crippen molar-refractivity contribution in [1.29, 1.82) is 0 Å². The minimum absolute atomic E-state index is 0.0145. The van der Waals surface area contributed by atoms with Crippen molar-refractivity contribution in [2.45, 2.75) is 145 Å². The number of alkyl carbamates (subject to hydrolysis) is 1. The third kappa shape index (κ3) is 24.1. The molecule has 124 heavy (non-hydrogen) atoms. The molecule has 9 heterocycles. The lowest BCUT2D eigenvalue weighted by Gasteiger charge is -2.30. The number of imidazole rings is 2. The predicted molar refractivity (Wildman–Crippen MR) is 450 cm³/mol. The van der Waals surface area contributed by atoms with E-state index in [2.05, 4.69) is 71.7 Å². The summed E-state index contributed by atoms with van der Waals surface area (Å²) in [6, 6.07) is 29.6. The third-order valence-corrected chi connectivity index (χ3v) is 25.7. The number of nitrogens with zero attached hydrogens (tertiary/aromatic N) is 11. The summed E-state index contributed by atoms with van der Waals surface area (Å²) in [6.45, 7) is -4.96. The van der Waals surface area contributed by atoms with Crippen LogP contribution in [0.1, 0.15) is 93.4 Å². The topological polar surface area (TPSA) is 527 Å². The average Bonchev–Trinajstić information content (AvgIpc) is 1.48. The Kier molecular flexibility index (Phi) is 30.8. The van der Waals surface area contributed by atoms with Crippen LogP contribution in [0.4, 0.5) is 42.1 Å². The molecule has 3 saturated heterocycles. The highest BCUT2D eigenvalue weighted by molar-refractivity contribution is 8.54. The van der Waals surface area contributed by atoms with Gasteiger partial charge in [0.15, 0.2) is 41.9 Å². The number of carbonyl (C=O) groups excluding carboxylic acids is 7. The standard InChI is InChI=1S/C77H93BF2N19O21P3S/c1-121(108,109)114-39-51(100)38-112-33-11-29-85-77(107)113-37-46-19-23-49(24-20-46)92-61(104)35-87-60(103)18-9-8-17-58(101)83-31-28-63(106)96-36-48-12-4-5-13-52(48)69-66(53-14-6-7-15-55(53)96)94-95-99(69)32-10-2-3-16-59(102)86-34-62(105)93-50-25-21-47(22-26-50)42-124-123(111)116-41-57-70(64(79)75(118-57)98-45-91-68-72(82)88-43-89-74(68)98)119-122(78,110)115-40-56-71(120-123)65(80)76(117-56)97-44-90-67-54(81)27-30-84-73(67)97/h4-7,12-15,19-27,30,43-45,51,56-57,64-65,70-71,75-76,100H,2-3,8-11,16-18,28-29,31-42,78H2,1H3,(H2,81,84)(H,83,101)(H,85,107)(H,86,102)(H,87,103)(H,92,104)(H,93,105)(H,108,109)(H2,82,88,89)/t51?,56-,57-,64-,65-,70-,71-,75-,76-,122+,123+/m1/s1. The monoisotopic (exact) mass is 1790 g/mol. The second-order valence-corrected chi connectivity index (χ2v) is 37.5. The molecule has 0 radical (unpaired) electrons. The Morgan fingerprint density at radius 3 is 1.95 bits per heavy atom. The maximum Gasteiger partial charge on any atom is 0.407 e. The van der Waals surface area contributed by atoms with Crippen LogP contribution in [0.25, 0.3) is 44.8 Å². The molecular formula is C77H93BF2N19O21P3S. The number of para-hydroxylation sites is 1. The zero-order chi connectivity index (χ0) is 87.7. The summed E-state index contributed by atoms with van der Waals surface area (Å²) < 4.78 is 130. The van der Waals surface area contributed by atoms with Gasteiger partial charge in [0.25, 0.3) is 15.0 Å². The molecular weight excluding hydrogens is 1700 g/mol. The number of benzene rings is 4. The van der Waals surface area contributed by atoms with Crippen molar-refractivity contribution in [3.63, 3.8) is 0 Å². The van der Waals surface area contributed by atoms with Crippen molar-refractivity contribution in [2.24, 2.45) is 0 Å². The number of nitrogen functional groups attached to an aromatic ring is 2. The number of aryl methyl sites for hydroxylation is 1. The molecule has 660 valence electrons. The number of rotatable bonds is 36. The van der Waals surface area contributed by atoms with E-state index >= 15 is 13.3 Å². The summed E-state index contributed by atoms with van der Waals surface area (Å²) in [5.41, 5.74) is 19.4. The van der Waals surface area contributed by atoms with Crippen molar-refractivity contribution < 1.29 is 108 Å². The van der Waals surface area contributed by atoms with Gasteiger partial charge in [0.2, 0.25) is 35.4 Å². The van der Waals surface area contributed by atoms with Gasteiger partial charge >= 0.3 is 20.5 Å². The van der Waals surface area contributed by atoms with Crippen molar-refractivity contribution in [3.8, 4) is 22.5 Å². The van der Waals surface area contributed by atoms with Gasteiger partial charge in [0.05, 0.1) is 75.8 Å². The van der Waals surface area contributed by atoms with E-state index in [-0.39, 0.29) is 148 Å². The van der Waals surface area contributed by atoms with Gasteiger partial charge in [-0.2, -0.15) is 0 Å². The van der Waals surface area contributed by atoms with Gasteiger partial charge in [-0.3, -0.25) is 56.1 Å². The van der Waals surface area contributed by atoms with E-state index in [1.54, 1.807) is 53.4 Å². The zero-order valence-electron chi connectivity index (χ0n) is 67.3. The second-order valence-electron chi connectivity index (χ2n) is 29.6. The molecule has 2 unspecified atom stereocenters. The molecule has 3 fully saturated rings. The number of amides is 7. The number of alkyl halides is 2. The Balaban J connectivity index is 0.524. The fourth-order valence-electron chi connectivity index (χ4n) is 14.0. The molecule has 0 saturated carbocycles. The van der Waals surface area contributed by atoms with E-state index in [1.165, 1.54) is 34.1 Å². The van der Waals surface area contributed by atoms with E-state index in [1.807, 2.05) is 53.2 Å². The van der Waals surface area contributed by atoms with Crippen molar-refractivity contribution in [2.75, 3.05) is 92.9 Å². The second kappa shape index (κ2) is 42.0. The van der Waals surface area contributed by atoms with E-state index < -0.39 is 108 Å². The van der Waals surface area contributed by atoms with E-state index in [0.29, 0.717) is 95.9 Å². The Labute approximate surface area is 713 Å². The molecule has 5 aromatic heterocycles. The van der Waals surface area contributed by atoms with Crippen LogP contribution in [0.2, 0.25) is 0 Å². The van der Waals surface area contributed by atoms with Gasteiger partial charge in [0, 0.05) is 93.0 Å². The summed E-state index contributed by atoms with van der Waals surface area (Å²) in [5.74, 6) is -2.31. The van der Waals surface area contributed by atoms with E-state index in [9.17, 15) is 47.8 Å². The Morgan fingerprint density at radius 1 is 0.669 bits per heavy atom. The number of unbranched alkanes of at least 4 members (excludes halogenated alkanes) is 3. The number of hydrogen-bond acceptors (Lipinski definition) is 30. The molecule has 0 aliphatic carbocycles. The quantitative estimate of drug-likeness (QED) is 0.0105. The van der Waals surface area contributed by atoms with Crippen molar-refractivity contribution in [3.05, 3.63) is 145 Å². The summed E-state index contributed by atoms with van der Waals surface area (Å²) in [4.78, 5) is 123. The van der Waals surface area contributed by atoms with Gasteiger partial charge < -0.3 is 90.8 Å².